The molecule has 1 heterocycles. The molecule has 5 heteroatoms. The summed E-state index contributed by atoms with van der Waals surface area (Å²) < 4.78 is 0. The van der Waals surface area contributed by atoms with Crippen LogP contribution >= 0.6 is 23.2 Å². The summed E-state index contributed by atoms with van der Waals surface area (Å²) in [5.74, 6) is -0.168. The van der Waals surface area contributed by atoms with Crippen LogP contribution in [0.3, 0.4) is 0 Å². The minimum absolute atomic E-state index is 0.168. The molecule has 0 bridgehead atoms. The first kappa shape index (κ1) is 13.0. The Bertz CT molecular complexity index is 804. The quantitative estimate of drug-likeness (QED) is 0.548. The highest BCUT2D eigenvalue weighted by Gasteiger charge is 2.16. The van der Waals surface area contributed by atoms with E-state index in [1.165, 1.54) is 0 Å². The second-order valence-electron chi connectivity index (χ2n) is 4.47. The number of ketones is 1. The van der Waals surface area contributed by atoms with Crippen LogP contribution in [0.15, 0.2) is 42.6 Å². The number of aromatic amines is 1. The monoisotopic (exact) mass is 304 g/mol. The Hall–Kier alpha value is -1.97. The van der Waals surface area contributed by atoms with Crippen LogP contribution in [0.1, 0.15) is 15.9 Å². The van der Waals surface area contributed by atoms with Gasteiger partial charge in [0.25, 0.3) is 0 Å². The van der Waals surface area contributed by atoms with Crippen molar-refractivity contribution in [3.05, 3.63) is 63.8 Å². The number of nitrogen functional groups attached to an aromatic ring is 1. The van der Waals surface area contributed by atoms with Crippen LogP contribution in [0.4, 0.5) is 5.69 Å². The molecule has 0 aliphatic rings. The van der Waals surface area contributed by atoms with Gasteiger partial charge in [0.1, 0.15) is 0 Å². The van der Waals surface area contributed by atoms with E-state index in [0.29, 0.717) is 32.2 Å². The summed E-state index contributed by atoms with van der Waals surface area (Å²) in [6.07, 6.45) is 1.65. The molecule has 0 unspecified atom stereocenters. The molecule has 0 radical (unpaired) electrons. The van der Waals surface area contributed by atoms with Gasteiger partial charge in [-0.3, -0.25) is 4.79 Å². The predicted molar refractivity (Wildman–Crippen MR) is 82.6 cm³/mol. The number of carbonyl (C=O) groups excluding carboxylic acids is 1. The molecule has 0 amide bonds. The Kier molecular flexibility index (Phi) is 3.16. The zero-order valence-corrected chi connectivity index (χ0v) is 11.8. The molecule has 0 fully saturated rings. The lowest BCUT2D eigenvalue weighted by molar-refractivity contribution is 0.104. The van der Waals surface area contributed by atoms with Gasteiger partial charge in [-0.05, 0) is 30.3 Å². The SMILES string of the molecule is Nc1cc(Cl)cc(C(=O)c2c[nH]c3cccc(Cl)c23)c1. The van der Waals surface area contributed by atoms with Crippen LogP contribution in [0.2, 0.25) is 10.0 Å². The van der Waals surface area contributed by atoms with Gasteiger partial charge in [-0.2, -0.15) is 0 Å². The molecule has 0 spiro atoms. The van der Waals surface area contributed by atoms with Crippen LogP contribution in [-0.2, 0) is 0 Å². The third-order valence-corrected chi connectivity index (χ3v) is 3.62. The number of carbonyl (C=O) groups is 1. The molecule has 0 aliphatic heterocycles. The number of hydrogen-bond donors (Lipinski definition) is 2. The summed E-state index contributed by atoms with van der Waals surface area (Å²) in [6, 6.07) is 10.2. The van der Waals surface area contributed by atoms with Crippen molar-refractivity contribution >= 4 is 45.6 Å². The van der Waals surface area contributed by atoms with Gasteiger partial charge in [0, 0.05) is 38.9 Å². The van der Waals surface area contributed by atoms with Crippen LogP contribution in [0.5, 0.6) is 0 Å². The number of halogens is 2. The topological polar surface area (TPSA) is 58.9 Å². The summed E-state index contributed by atoms with van der Waals surface area (Å²) in [6.45, 7) is 0. The summed E-state index contributed by atoms with van der Waals surface area (Å²) in [5.41, 5.74) is 7.94. The third kappa shape index (κ3) is 2.15. The lowest BCUT2D eigenvalue weighted by Crippen LogP contribution is -2.01. The van der Waals surface area contributed by atoms with Crippen molar-refractivity contribution in [2.24, 2.45) is 0 Å². The van der Waals surface area contributed by atoms with E-state index in [4.69, 9.17) is 28.9 Å². The summed E-state index contributed by atoms with van der Waals surface area (Å²) in [4.78, 5) is 15.6. The van der Waals surface area contributed by atoms with E-state index in [0.717, 1.165) is 5.52 Å². The molecule has 0 saturated carbocycles. The van der Waals surface area contributed by atoms with Gasteiger partial charge in [0.15, 0.2) is 5.78 Å². The minimum Gasteiger partial charge on any atom is -0.399 e. The van der Waals surface area contributed by atoms with Crippen molar-refractivity contribution in [3.63, 3.8) is 0 Å². The standard InChI is InChI=1S/C15H10Cl2N2O/c16-9-4-8(5-10(18)6-9)15(20)11-7-19-13-3-1-2-12(17)14(11)13/h1-7,19H,18H2. The number of anilines is 1. The number of nitrogens with two attached hydrogens (primary N) is 1. The number of fused-ring (bicyclic) bond motifs is 1. The zero-order valence-electron chi connectivity index (χ0n) is 10.3. The van der Waals surface area contributed by atoms with Gasteiger partial charge in [0.2, 0.25) is 0 Å². The number of nitrogens with one attached hydrogen (secondary N) is 1. The van der Waals surface area contributed by atoms with Crippen molar-refractivity contribution in [2.75, 3.05) is 5.73 Å². The van der Waals surface area contributed by atoms with Gasteiger partial charge >= 0.3 is 0 Å². The maximum atomic E-state index is 12.6. The highest BCUT2D eigenvalue weighted by molar-refractivity contribution is 6.37. The third-order valence-electron chi connectivity index (χ3n) is 3.08. The molecule has 0 atom stereocenters. The van der Waals surface area contributed by atoms with Gasteiger partial charge < -0.3 is 10.7 Å². The smallest absolute Gasteiger partial charge is 0.195 e. The number of benzene rings is 2. The van der Waals surface area contributed by atoms with E-state index in [1.54, 1.807) is 30.5 Å². The number of H-pyrrole nitrogens is 1. The lowest BCUT2D eigenvalue weighted by Gasteiger charge is -2.03. The Balaban J connectivity index is 2.18. The largest absolute Gasteiger partial charge is 0.399 e. The molecular formula is C15H10Cl2N2O. The van der Waals surface area contributed by atoms with Crippen molar-refractivity contribution in [2.45, 2.75) is 0 Å². The molecule has 1 aromatic heterocycles. The second-order valence-corrected chi connectivity index (χ2v) is 5.31. The van der Waals surface area contributed by atoms with E-state index in [-0.39, 0.29) is 5.78 Å². The fourth-order valence-corrected chi connectivity index (χ4v) is 2.74. The highest BCUT2D eigenvalue weighted by atomic mass is 35.5. The average Bonchev–Trinajstić information content (AvgIpc) is 2.82. The Morgan fingerprint density at radius 1 is 1.15 bits per heavy atom. The Morgan fingerprint density at radius 3 is 2.70 bits per heavy atom. The Labute approximate surface area is 125 Å². The lowest BCUT2D eigenvalue weighted by atomic mass is 10.0. The highest BCUT2D eigenvalue weighted by Crippen LogP contribution is 2.29. The van der Waals surface area contributed by atoms with Crippen LogP contribution in [0, 0.1) is 0 Å². The minimum atomic E-state index is -0.168. The number of rotatable bonds is 2. The maximum absolute atomic E-state index is 12.6. The van der Waals surface area contributed by atoms with Crippen molar-refractivity contribution < 1.29 is 4.79 Å². The molecule has 3 aromatic rings. The molecule has 3 nitrogen and oxygen atoms in total. The Morgan fingerprint density at radius 2 is 1.95 bits per heavy atom. The average molecular weight is 305 g/mol. The predicted octanol–water partition coefficient (Wildman–Crippen LogP) is 4.29. The van der Waals surface area contributed by atoms with Crippen LogP contribution < -0.4 is 5.73 Å². The van der Waals surface area contributed by atoms with E-state index in [9.17, 15) is 4.79 Å². The molecule has 3 N–H and O–H groups in total. The van der Waals surface area contributed by atoms with E-state index < -0.39 is 0 Å². The molecule has 0 saturated heterocycles. The van der Waals surface area contributed by atoms with E-state index >= 15 is 0 Å². The van der Waals surface area contributed by atoms with Crippen molar-refractivity contribution in [1.82, 2.24) is 4.98 Å². The first-order valence-corrected chi connectivity index (χ1v) is 6.68. The normalized spacial score (nSPS) is 10.9. The zero-order chi connectivity index (χ0) is 14.3. The van der Waals surface area contributed by atoms with Gasteiger partial charge in [-0.15, -0.1) is 0 Å². The van der Waals surface area contributed by atoms with Gasteiger partial charge in [-0.25, -0.2) is 0 Å². The molecule has 0 aliphatic carbocycles. The fraction of sp³-hybridized carbons (Fsp3) is 0. The fourth-order valence-electron chi connectivity index (χ4n) is 2.22. The summed E-state index contributed by atoms with van der Waals surface area (Å²) >= 11 is 12.1. The van der Waals surface area contributed by atoms with E-state index in [1.807, 2.05) is 12.1 Å². The van der Waals surface area contributed by atoms with Gasteiger partial charge in [-0.1, -0.05) is 29.3 Å². The van der Waals surface area contributed by atoms with Crippen LogP contribution in [-0.4, -0.2) is 10.8 Å². The number of hydrogen-bond acceptors (Lipinski definition) is 2. The molecular weight excluding hydrogens is 295 g/mol. The van der Waals surface area contributed by atoms with Crippen molar-refractivity contribution in [3.8, 4) is 0 Å². The van der Waals surface area contributed by atoms with E-state index in [2.05, 4.69) is 4.98 Å². The van der Waals surface area contributed by atoms with Crippen molar-refractivity contribution in [1.29, 1.82) is 0 Å². The number of aromatic nitrogens is 1. The first-order valence-electron chi connectivity index (χ1n) is 5.92. The first-order chi connectivity index (χ1) is 9.56. The molecule has 20 heavy (non-hydrogen) atoms. The molecule has 3 rings (SSSR count). The van der Waals surface area contributed by atoms with Gasteiger partial charge in [0.05, 0.1) is 5.02 Å². The van der Waals surface area contributed by atoms with Crippen LogP contribution in [0.25, 0.3) is 10.9 Å². The molecule has 2 aromatic carbocycles. The summed E-state index contributed by atoms with van der Waals surface area (Å²) in [7, 11) is 0. The maximum Gasteiger partial charge on any atom is 0.195 e. The second kappa shape index (κ2) is 4.85. The molecule has 100 valence electrons. The summed E-state index contributed by atoms with van der Waals surface area (Å²) in [5, 5.41) is 1.67.